The van der Waals surface area contributed by atoms with Crippen LogP contribution >= 0.6 is 0 Å². The first-order valence-corrected chi connectivity index (χ1v) is 21.4. The Kier molecular flexibility index (Phi) is 11.7. The Labute approximate surface area is 376 Å². The minimum atomic E-state index is -2.01. The fourth-order valence-electron chi connectivity index (χ4n) is 9.82. The standard InChI is InChI=1S/C53H46N4O8/c1-33(36-12-6-3-7-13-36)55-52(62)56-43-29-22-35(19-18-34-20-25-40(63-2)26-21-34)32-42(43)53(51(56)61)44(49(54)59)46-50(60)65-47(38-16-10-5-11-17-38)45(37-14-8-4-9-15-37)57(46)48(53)39-23-27-41(28-24-39)64-31-30-58/h3-17,20-29,32-33,44-48,58H,30-31H2,1-2H3,(H2,54,59)(H,55,62)/t33-,44+,45+,46+,47-,48-,53+/m1/s1. The van der Waals surface area contributed by atoms with Crippen molar-refractivity contribution >= 4 is 29.5 Å². The molecule has 4 amide bonds. The van der Waals surface area contributed by atoms with E-state index in [0.717, 1.165) is 16.0 Å². The third kappa shape index (κ3) is 7.54. The maximum absolute atomic E-state index is 16.2. The van der Waals surface area contributed by atoms with E-state index in [0.29, 0.717) is 39.3 Å². The van der Waals surface area contributed by atoms with Crippen molar-refractivity contribution in [3.05, 3.63) is 197 Å². The second-order valence-corrected chi connectivity index (χ2v) is 16.2. The first kappa shape index (κ1) is 42.6. The number of urea groups is 1. The number of nitrogens with two attached hydrogens (primary N) is 1. The number of imide groups is 1. The van der Waals surface area contributed by atoms with E-state index in [1.165, 1.54) is 0 Å². The number of nitrogens with zero attached hydrogens (tertiary/aromatic N) is 2. The Hall–Kier alpha value is -7.72. The number of carbonyl (C=O) groups excluding carboxylic acids is 4. The van der Waals surface area contributed by atoms with E-state index in [-0.39, 0.29) is 18.9 Å². The van der Waals surface area contributed by atoms with E-state index in [2.05, 4.69) is 17.2 Å². The molecular formula is C53H46N4O8. The number of anilines is 1. The van der Waals surface area contributed by atoms with Gasteiger partial charge in [-0.05, 0) is 89.3 Å². The Morgan fingerprint density at radius 2 is 1.37 bits per heavy atom. The summed E-state index contributed by atoms with van der Waals surface area (Å²) in [6.45, 7) is 1.65. The lowest BCUT2D eigenvalue weighted by molar-refractivity contribution is -0.178. The second-order valence-electron chi connectivity index (χ2n) is 16.2. The molecule has 0 bridgehead atoms. The van der Waals surface area contributed by atoms with Crippen molar-refractivity contribution in [3.63, 3.8) is 0 Å². The van der Waals surface area contributed by atoms with Crippen LogP contribution in [0.3, 0.4) is 0 Å². The lowest BCUT2D eigenvalue weighted by Crippen LogP contribution is -2.55. The zero-order valence-corrected chi connectivity index (χ0v) is 35.7. The van der Waals surface area contributed by atoms with E-state index in [9.17, 15) is 19.5 Å². The van der Waals surface area contributed by atoms with Gasteiger partial charge in [0.05, 0.1) is 43.4 Å². The number of esters is 1. The van der Waals surface area contributed by atoms with Crippen molar-refractivity contribution in [1.29, 1.82) is 0 Å². The monoisotopic (exact) mass is 866 g/mol. The zero-order chi connectivity index (χ0) is 45.2. The third-order valence-electron chi connectivity index (χ3n) is 12.6. The van der Waals surface area contributed by atoms with Crippen molar-refractivity contribution < 1.29 is 38.5 Å². The molecule has 9 rings (SSSR count). The van der Waals surface area contributed by atoms with Gasteiger partial charge in [-0.25, -0.2) is 9.69 Å². The Balaban J connectivity index is 1.30. The van der Waals surface area contributed by atoms with Gasteiger partial charge in [-0.1, -0.05) is 115 Å². The van der Waals surface area contributed by atoms with Gasteiger partial charge in [0.25, 0.3) is 0 Å². The van der Waals surface area contributed by atoms with Gasteiger partial charge >= 0.3 is 12.0 Å². The molecule has 0 aromatic heterocycles. The van der Waals surface area contributed by atoms with Crippen molar-refractivity contribution in [3.8, 4) is 23.3 Å². The largest absolute Gasteiger partial charge is 0.497 e. The minimum absolute atomic E-state index is 0.0447. The summed E-state index contributed by atoms with van der Waals surface area (Å²) in [7, 11) is 1.58. The van der Waals surface area contributed by atoms with Gasteiger partial charge in [0.1, 0.15) is 35.7 Å². The normalized spacial score (nSPS) is 22.5. The number of aliphatic hydroxyl groups excluding tert-OH is 1. The van der Waals surface area contributed by atoms with Crippen LogP contribution in [0.5, 0.6) is 11.5 Å². The molecule has 2 fully saturated rings. The first-order chi connectivity index (χ1) is 31.6. The maximum Gasteiger partial charge on any atom is 0.329 e. The van der Waals surface area contributed by atoms with Gasteiger partial charge < -0.3 is 30.4 Å². The summed E-state index contributed by atoms with van der Waals surface area (Å²) in [6.07, 6.45) is -0.899. The molecule has 0 radical (unpaired) electrons. The number of amides is 4. The molecule has 3 aliphatic heterocycles. The molecule has 2 saturated heterocycles. The number of cyclic esters (lactones) is 1. The average Bonchev–Trinajstić information content (AvgIpc) is 3.80. The molecule has 3 aliphatic rings. The molecule has 1 spiro atoms. The highest BCUT2D eigenvalue weighted by Gasteiger charge is 2.75. The molecule has 12 heteroatoms. The molecule has 65 heavy (non-hydrogen) atoms. The molecule has 7 atom stereocenters. The van der Waals surface area contributed by atoms with Crippen LogP contribution in [0.25, 0.3) is 0 Å². The molecule has 0 saturated carbocycles. The second kappa shape index (κ2) is 17.8. The summed E-state index contributed by atoms with van der Waals surface area (Å²) in [5.74, 6) is 3.55. The summed E-state index contributed by atoms with van der Waals surface area (Å²) in [6, 6.07) is 42.9. The number of hydrogen-bond acceptors (Lipinski definition) is 9. The molecule has 4 N–H and O–H groups in total. The van der Waals surface area contributed by atoms with E-state index in [1.54, 1.807) is 61.7 Å². The summed E-state index contributed by atoms with van der Waals surface area (Å²) in [5.41, 5.74) is 9.01. The number of benzene rings is 6. The highest BCUT2D eigenvalue weighted by Crippen LogP contribution is 2.65. The number of primary amides is 1. The fraction of sp³-hybridized carbons (Fsp3) is 0.208. The van der Waals surface area contributed by atoms with Crippen LogP contribution in [0.1, 0.15) is 70.1 Å². The molecule has 6 aromatic rings. The number of fused-ring (bicyclic) bond motifs is 3. The minimum Gasteiger partial charge on any atom is -0.497 e. The lowest BCUT2D eigenvalue weighted by Gasteiger charge is -2.46. The summed E-state index contributed by atoms with van der Waals surface area (Å²) in [4.78, 5) is 63.6. The number of hydrogen-bond donors (Lipinski definition) is 3. The highest BCUT2D eigenvalue weighted by atomic mass is 16.6. The van der Waals surface area contributed by atoms with Gasteiger partial charge in [0.15, 0.2) is 0 Å². The topological polar surface area (TPSA) is 161 Å². The Morgan fingerprint density at radius 1 is 0.769 bits per heavy atom. The highest BCUT2D eigenvalue weighted by molar-refractivity contribution is 6.24. The van der Waals surface area contributed by atoms with Crippen LogP contribution in [-0.4, -0.2) is 60.2 Å². The van der Waals surface area contributed by atoms with Gasteiger partial charge in [0, 0.05) is 11.1 Å². The molecule has 6 aromatic carbocycles. The van der Waals surface area contributed by atoms with Gasteiger partial charge in [-0.15, -0.1) is 0 Å². The van der Waals surface area contributed by atoms with Crippen molar-refractivity contribution in [2.75, 3.05) is 25.2 Å². The molecular weight excluding hydrogens is 821 g/mol. The average molecular weight is 867 g/mol. The van der Waals surface area contributed by atoms with Crippen LogP contribution in [0, 0.1) is 17.8 Å². The molecule has 12 nitrogen and oxygen atoms in total. The number of aliphatic hydroxyl groups is 1. The maximum atomic E-state index is 16.2. The third-order valence-corrected chi connectivity index (χ3v) is 12.6. The number of rotatable bonds is 10. The van der Waals surface area contributed by atoms with Crippen LogP contribution in [0.4, 0.5) is 10.5 Å². The molecule has 3 heterocycles. The zero-order valence-electron chi connectivity index (χ0n) is 35.7. The van der Waals surface area contributed by atoms with Crippen LogP contribution < -0.4 is 25.4 Å². The number of nitrogens with one attached hydrogen (secondary N) is 1. The predicted octanol–water partition coefficient (Wildman–Crippen LogP) is 7.09. The van der Waals surface area contributed by atoms with E-state index >= 15 is 4.79 Å². The predicted molar refractivity (Wildman–Crippen MR) is 243 cm³/mol. The number of methoxy groups -OCH3 is 1. The quantitative estimate of drug-likeness (QED) is 0.0966. The smallest absolute Gasteiger partial charge is 0.329 e. The molecule has 0 unspecified atom stereocenters. The van der Waals surface area contributed by atoms with Gasteiger partial charge in [0.2, 0.25) is 11.8 Å². The number of ether oxygens (including phenoxy) is 3. The summed E-state index contributed by atoms with van der Waals surface area (Å²) in [5, 5.41) is 12.6. The Morgan fingerprint density at radius 3 is 2.00 bits per heavy atom. The van der Waals surface area contributed by atoms with Crippen LogP contribution in [-0.2, 0) is 24.5 Å². The lowest BCUT2D eigenvalue weighted by atomic mass is 9.65. The Bertz CT molecular complexity index is 2790. The number of carbonyl (C=O) groups is 4. The number of morpholine rings is 1. The molecule has 0 aliphatic carbocycles. The van der Waals surface area contributed by atoms with Crippen LogP contribution in [0.15, 0.2) is 158 Å². The SMILES string of the molecule is COc1ccc(C#Cc2ccc3c(c2)[C@]2(C(=O)N3C(=O)N[C@H](C)c3ccccc3)[C@H](C(N)=O)[C@H]3C(=O)O[C@H](c4ccccc4)[C@H](c4ccccc4)N3[C@@H]2c2ccc(OCCO)cc2)cc1. The molecule has 326 valence electrons. The summed E-state index contributed by atoms with van der Waals surface area (Å²) < 4.78 is 17.5. The van der Waals surface area contributed by atoms with Crippen LogP contribution in [0.2, 0.25) is 0 Å². The van der Waals surface area contributed by atoms with Gasteiger partial charge in [-0.2, -0.15) is 0 Å². The summed E-state index contributed by atoms with van der Waals surface area (Å²) >= 11 is 0. The van der Waals surface area contributed by atoms with Crippen molar-refractivity contribution in [1.82, 2.24) is 10.2 Å². The van der Waals surface area contributed by atoms with E-state index < -0.39 is 65.4 Å². The first-order valence-electron chi connectivity index (χ1n) is 21.4. The van der Waals surface area contributed by atoms with Crippen molar-refractivity contribution in [2.45, 2.75) is 42.6 Å². The van der Waals surface area contributed by atoms with E-state index in [4.69, 9.17) is 19.9 Å². The fourth-order valence-corrected chi connectivity index (χ4v) is 9.82. The van der Waals surface area contributed by atoms with Crippen molar-refractivity contribution in [2.24, 2.45) is 11.7 Å². The van der Waals surface area contributed by atoms with E-state index in [1.807, 2.05) is 115 Å². The van der Waals surface area contributed by atoms with Gasteiger partial charge in [-0.3, -0.25) is 19.3 Å².